The first-order chi connectivity index (χ1) is 12.9. The number of hydrogen-bond acceptors (Lipinski definition) is 2. The number of carbonyl (C=O) groups is 1. The number of benzene rings is 1. The highest BCUT2D eigenvalue weighted by Crippen LogP contribution is 2.37. The topological polar surface area (TPSA) is 46.9 Å². The Morgan fingerprint density at radius 3 is 2.67 bits per heavy atom. The molecule has 1 aliphatic carbocycles. The van der Waals surface area contributed by atoms with Gasteiger partial charge in [0.25, 0.3) is 5.91 Å². The van der Waals surface area contributed by atoms with Gasteiger partial charge in [0, 0.05) is 6.04 Å². The molecule has 2 unspecified atom stereocenters. The summed E-state index contributed by atoms with van der Waals surface area (Å²) >= 11 is 0. The second kappa shape index (κ2) is 8.15. The number of amides is 1. The number of hydrogen-bond donors (Lipinski definition) is 1. The van der Waals surface area contributed by atoms with Gasteiger partial charge in [0.05, 0.1) is 29.9 Å². The Kier molecular flexibility index (Phi) is 5.87. The third-order valence-electron chi connectivity index (χ3n) is 5.18. The maximum Gasteiger partial charge on any atom is 0.391 e. The molecule has 1 heterocycles. The summed E-state index contributed by atoms with van der Waals surface area (Å²) < 4.78 is 40.7. The summed E-state index contributed by atoms with van der Waals surface area (Å²) in [5.41, 5.74) is 2.31. The molecule has 0 spiro atoms. The fourth-order valence-corrected chi connectivity index (χ4v) is 3.75. The van der Waals surface area contributed by atoms with Crippen LogP contribution in [0.25, 0.3) is 0 Å². The van der Waals surface area contributed by atoms with Crippen molar-refractivity contribution in [3.63, 3.8) is 0 Å². The van der Waals surface area contributed by atoms with E-state index in [1.165, 1.54) is 6.20 Å². The van der Waals surface area contributed by atoms with E-state index in [0.29, 0.717) is 31.4 Å². The summed E-state index contributed by atoms with van der Waals surface area (Å²) in [7, 11) is 0. The van der Waals surface area contributed by atoms with Crippen LogP contribution in [0.5, 0.6) is 0 Å². The van der Waals surface area contributed by atoms with E-state index in [-0.39, 0.29) is 18.7 Å². The van der Waals surface area contributed by atoms with E-state index in [1.54, 1.807) is 4.68 Å². The minimum absolute atomic E-state index is 0.0468. The first kappa shape index (κ1) is 19.5. The third kappa shape index (κ3) is 4.70. The van der Waals surface area contributed by atoms with Gasteiger partial charge in [-0.1, -0.05) is 43.7 Å². The van der Waals surface area contributed by atoms with Crippen molar-refractivity contribution in [1.29, 1.82) is 0 Å². The van der Waals surface area contributed by atoms with Crippen LogP contribution in [0, 0.1) is 5.92 Å². The molecular formula is C20H24F3N3O. The van der Waals surface area contributed by atoms with Crippen LogP contribution in [-0.4, -0.2) is 27.9 Å². The highest BCUT2D eigenvalue weighted by molar-refractivity contribution is 5.95. The maximum atomic E-state index is 13.0. The van der Waals surface area contributed by atoms with E-state index in [4.69, 9.17) is 0 Å². The number of aromatic nitrogens is 2. The number of nitrogens with one attached hydrogen (secondary N) is 1. The van der Waals surface area contributed by atoms with E-state index in [0.717, 1.165) is 11.3 Å². The summed E-state index contributed by atoms with van der Waals surface area (Å²) in [5.74, 6) is -1.66. The molecule has 1 aromatic heterocycles. The molecule has 0 bridgehead atoms. The van der Waals surface area contributed by atoms with Gasteiger partial charge in [-0.3, -0.25) is 9.48 Å². The summed E-state index contributed by atoms with van der Waals surface area (Å²) in [5, 5.41) is 7.12. The minimum atomic E-state index is -4.20. The fourth-order valence-electron chi connectivity index (χ4n) is 3.75. The highest BCUT2D eigenvalue weighted by Gasteiger charge is 2.42. The van der Waals surface area contributed by atoms with Crippen molar-refractivity contribution in [2.24, 2.45) is 5.92 Å². The third-order valence-corrected chi connectivity index (χ3v) is 5.18. The van der Waals surface area contributed by atoms with Gasteiger partial charge in [-0.05, 0) is 31.2 Å². The van der Waals surface area contributed by atoms with Gasteiger partial charge in [0.15, 0.2) is 0 Å². The largest absolute Gasteiger partial charge is 0.391 e. The molecule has 1 saturated carbocycles. The number of nitrogens with zero attached hydrogens (tertiary/aromatic N) is 2. The van der Waals surface area contributed by atoms with Crippen molar-refractivity contribution in [2.75, 3.05) is 0 Å². The van der Waals surface area contributed by atoms with Crippen molar-refractivity contribution in [3.05, 3.63) is 53.3 Å². The molecule has 1 aliphatic rings. The molecule has 2 aromatic rings. The van der Waals surface area contributed by atoms with Crippen LogP contribution in [-0.2, 0) is 13.0 Å². The predicted octanol–water partition coefficient (Wildman–Crippen LogP) is 4.34. The number of halogens is 3. The number of rotatable bonds is 5. The van der Waals surface area contributed by atoms with Crippen LogP contribution < -0.4 is 5.32 Å². The van der Waals surface area contributed by atoms with Crippen molar-refractivity contribution in [2.45, 2.75) is 57.8 Å². The molecule has 3 rings (SSSR count). The van der Waals surface area contributed by atoms with Crippen molar-refractivity contribution < 1.29 is 18.0 Å². The van der Waals surface area contributed by atoms with E-state index < -0.39 is 18.1 Å². The first-order valence-electron chi connectivity index (χ1n) is 9.34. The molecule has 0 radical (unpaired) electrons. The van der Waals surface area contributed by atoms with Crippen LogP contribution in [0.2, 0.25) is 0 Å². The van der Waals surface area contributed by atoms with Gasteiger partial charge < -0.3 is 5.32 Å². The zero-order valence-corrected chi connectivity index (χ0v) is 15.3. The lowest BCUT2D eigenvalue weighted by atomic mass is 9.85. The van der Waals surface area contributed by atoms with E-state index in [9.17, 15) is 18.0 Å². The molecule has 1 fully saturated rings. The van der Waals surface area contributed by atoms with E-state index >= 15 is 0 Å². The van der Waals surface area contributed by atoms with Crippen molar-refractivity contribution in [3.8, 4) is 0 Å². The molecule has 0 aliphatic heterocycles. The number of carbonyl (C=O) groups excluding carboxylic acids is 1. The highest BCUT2D eigenvalue weighted by atomic mass is 19.4. The Morgan fingerprint density at radius 2 is 2.00 bits per heavy atom. The Balaban J connectivity index is 1.70. The normalized spacial score (nSPS) is 20.4. The molecule has 0 saturated heterocycles. The van der Waals surface area contributed by atoms with Crippen LogP contribution in [0.15, 0.2) is 36.5 Å². The lowest BCUT2D eigenvalue weighted by Crippen LogP contribution is -2.41. The predicted molar refractivity (Wildman–Crippen MR) is 96.4 cm³/mol. The summed E-state index contributed by atoms with van der Waals surface area (Å²) in [4.78, 5) is 12.7. The minimum Gasteiger partial charge on any atom is -0.349 e. The molecule has 4 nitrogen and oxygen atoms in total. The molecule has 2 atom stereocenters. The number of alkyl halides is 3. The van der Waals surface area contributed by atoms with E-state index in [1.807, 2.05) is 37.3 Å². The Hall–Kier alpha value is -2.31. The maximum absolute atomic E-state index is 13.0. The molecule has 1 aromatic carbocycles. The van der Waals surface area contributed by atoms with Gasteiger partial charge in [-0.15, -0.1) is 0 Å². The second-order valence-electron chi connectivity index (χ2n) is 7.08. The van der Waals surface area contributed by atoms with Crippen LogP contribution >= 0.6 is 0 Å². The zero-order valence-electron chi connectivity index (χ0n) is 15.3. The van der Waals surface area contributed by atoms with Gasteiger partial charge in [-0.25, -0.2) is 0 Å². The average molecular weight is 379 g/mol. The monoisotopic (exact) mass is 379 g/mol. The van der Waals surface area contributed by atoms with Gasteiger partial charge >= 0.3 is 6.18 Å². The molecule has 146 valence electrons. The molecular weight excluding hydrogens is 355 g/mol. The zero-order chi connectivity index (χ0) is 19.4. The van der Waals surface area contributed by atoms with Crippen LogP contribution in [0.4, 0.5) is 13.2 Å². The van der Waals surface area contributed by atoms with Crippen LogP contribution in [0.1, 0.15) is 54.2 Å². The SMILES string of the molecule is CCc1c(C(=O)NC2CCCC(C(F)(F)F)C2)cnn1Cc1ccccc1. The van der Waals surface area contributed by atoms with Gasteiger partial charge in [0.2, 0.25) is 0 Å². The van der Waals surface area contributed by atoms with Gasteiger partial charge in [-0.2, -0.15) is 18.3 Å². The average Bonchev–Trinajstić information content (AvgIpc) is 3.05. The fraction of sp³-hybridized carbons (Fsp3) is 0.500. The molecule has 7 heteroatoms. The quantitative estimate of drug-likeness (QED) is 0.840. The lowest BCUT2D eigenvalue weighted by molar-refractivity contribution is -0.183. The second-order valence-corrected chi connectivity index (χ2v) is 7.08. The smallest absolute Gasteiger partial charge is 0.349 e. The lowest BCUT2D eigenvalue weighted by Gasteiger charge is -2.31. The summed E-state index contributed by atoms with van der Waals surface area (Å²) in [6.07, 6.45) is -0.911. The molecule has 1 amide bonds. The molecule has 1 N–H and O–H groups in total. The van der Waals surface area contributed by atoms with Crippen molar-refractivity contribution in [1.82, 2.24) is 15.1 Å². The Bertz CT molecular complexity index is 771. The summed E-state index contributed by atoms with van der Waals surface area (Å²) in [6, 6.07) is 9.35. The van der Waals surface area contributed by atoms with Crippen molar-refractivity contribution >= 4 is 5.91 Å². The standard InChI is InChI=1S/C20H24F3N3O/c1-2-18-17(12-24-26(18)13-14-7-4-3-5-8-14)19(27)25-16-10-6-9-15(11-16)20(21,22)23/h3-5,7-8,12,15-16H,2,6,9-11,13H2,1H3,(H,25,27). The first-order valence-corrected chi connectivity index (χ1v) is 9.34. The van der Waals surface area contributed by atoms with Gasteiger partial charge in [0.1, 0.15) is 0 Å². The molecule has 27 heavy (non-hydrogen) atoms. The Labute approximate surface area is 156 Å². The Morgan fingerprint density at radius 1 is 1.26 bits per heavy atom. The summed E-state index contributed by atoms with van der Waals surface area (Å²) in [6.45, 7) is 2.49. The van der Waals surface area contributed by atoms with E-state index in [2.05, 4.69) is 10.4 Å². The van der Waals surface area contributed by atoms with Crippen LogP contribution in [0.3, 0.4) is 0 Å².